The van der Waals surface area contributed by atoms with Crippen LogP contribution in [0.5, 0.6) is 0 Å². The Morgan fingerprint density at radius 2 is 2.19 bits per heavy atom. The van der Waals surface area contributed by atoms with Crippen molar-refractivity contribution in [1.29, 1.82) is 0 Å². The maximum absolute atomic E-state index is 5.56. The summed E-state index contributed by atoms with van der Waals surface area (Å²) in [4.78, 5) is 0. The first-order chi connectivity index (χ1) is 7.66. The molecule has 2 rings (SSSR count). The number of rotatable bonds is 4. The molecule has 90 valence electrons. The average Bonchev–Trinajstić information content (AvgIpc) is 2.73. The summed E-state index contributed by atoms with van der Waals surface area (Å²) in [5.74, 6) is -0.430. The van der Waals surface area contributed by atoms with E-state index in [-0.39, 0.29) is 6.04 Å². The molecular formula is C11H19N3O2. The van der Waals surface area contributed by atoms with Gasteiger partial charge in [-0.2, -0.15) is 5.10 Å². The van der Waals surface area contributed by atoms with Crippen molar-refractivity contribution in [3.8, 4) is 0 Å². The molecule has 0 unspecified atom stereocenters. The van der Waals surface area contributed by atoms with Crippen molar-refractivity contribution in [2.75, 3.05) is 19.8 Å². The highest BCUT2D eigenvalue weighted by Crippen LogP contribution is 2.16. The van der Waals surface area contributed by atoms with Crippen LogP contribution in [0.25, 0.3) is 0 Å². The Balaban J connectivity index is 1.64. The van der Waals surface area contributed by atoms with E-state index in [9.17, 15) is 0 Å². The van der Waals surface area contributed by atoms with Gasteiger partial charge in [-0.1, -0.05) is 0 Å². The first kappa shape index (κ1) is 11.6. The maximum Gasteiger partial charge on any atom is 0.162 e. The van der Waals surface area contributed by atoms with E-state index in [1.54, 1.807) is 6.20 Å². The van der Waals surface area contributed by atoms with E-state index in [0.717, 1.165) is 13.1 Å². The van der Waals surface area contributed by atoms with Crippen molar-refractivity contribution in [2.45, 2.75) is 32.2 Å². The van der Waals surface area contributed by atoms with E-state index in [0.29, 0.717) is 13.2 Å². The highest BCUT2D eigenvalue weighted by atomic mass is 16.7. The monoisotopic (exact) mass is 225 g/mol. The van der Waals surface area contributed by atoms with Crippen LogP contribution in [0.2, 0.25) is 0 Å². The van der Waals surface area contributed by atoms with Gasteiger partial charge in [-0.3, -0.25) is 4.68 Å². The zero-order chi connectivity index (χ0) is 11.4. The van der Waals surface area contributed by atoms with Gasteiger partial charge in [0.2, 0.25) is 0 Å². The summed E-state index contributed by atoms with van der Waals surface area (Å²) in [5, 5.41) is 7.52. The van der Waals surface area contributed by atoms with Gasteiger partial charge < -0.3 is 14.8 Å². The lowest BCUT2D eigenvalue weighted by Crippen LogP contribution is -2.49. The van der Waals surface area contributed by atoms with Gasteiger partial charge in [-0.15, -0.1) is 0 Å². The molecule has 0 bridgehead atoms. The van der Waals surface area contributed by atoms with Gasteiger partial charge in [0.25, 0.3) is 0 Å². The van der Waals surface area contributed by atoms with Gasteiger partial charge in [0.15, 0.2) is 5.79 Å². The Morgan fingerprint density at radius 1 is 1.44 bits per heavy atom. The van der Waals surface area contributed by atoms with Gasteiger partial charge in [-0.05, 0) is 19.9 Å². The molecule has 1 aromatic rings. The number of nitrogens with one attached hydrogen (secondary N) is 1. The van der Waals surface area contributed by atoms with E-state index in [1.165, 1.54) is 0 Å². The summed E-state index contributed by atoms with van der Waals surface area (Å²) < 4.78 is 13.0. The highest BCUT2D eigenvalue weighted by molar-refractivity contribution is 4.78. The van der Waals surface area contributed by atoms with Gasteiger partial charge in [0.05, 0.1) is 25.8 Å². The Hall–Kier alpha value is -0.910. The van der Waals surface area contributed by atoms with E-state index >= 15 is 0 Å². The molecular weight excluding hydrogens is 206 g/mol. The topological polar surface area (TPSA) is 48.3 Å². The Morgan fingerprint density at radius 3 is 2.81 bits per heavy atom. The minimum atomic E-state index is -0.430. The lowest BCUT2D eigenvalue weighted by atomic mass is 10.2. The fraction of sp³-hybridized carbons (Fsp3) is 0.727. The Kier molecular flexibility index (Phi) is 3.58. The van der Waals surface area contributed by atoms with Crippen molar-refractivity contribution in [3.63, 3.8) is 0 Å². The normalized spacial score (nSPS) is 21.1. The standard InChI is InChI=1S/C11H19N3O2/c1-11(2)15-8-10(9-16-11)12-5-7-14-6-3-4-13-14/h3-4,6,10,12H,5,7-9H2,1-2H3. The van der Waals surface area contributed by atoms with E-state index in [2.05, 4.69) is 10.4 Å². The van der Waals surface area contributed by atoms with Gasteiger partial charge >= 0.3 is 0 Å². The summed E-state index contributed by atoms with van der Waals surface area (Å²) >= 11 is 0. The quantitative estimate of drug-likeness (QED) is 0.816. The zero-order valence-electron chi connectivity index (χ0n) is 9.85. The van der Waals surface area contributed by atoms with Gasteiger partial charge in [0, 0.05) is 18.9 Å². The number of nitrogens with zero attached hydrogens (tertiary/aromatic N) is 2. The van der Waals surface area contributed by atoms with Crippen molar-refractivity contribution < 1.29 is 9.47 Å². The third-order valence-electron chi connectivity index (χ3n) is 2.60. The maximum atomic E-state index is 5.56. The summed E-state index contributed by atoms with van der Waals surface area (Å²) in [6.07, 6.45) is 3.74. The number of hydrogen-bond donors (Lipinski definition) is 1. The molecule has 1 aliphatic heterocycles. The second kappa shape index (κ2) is 4.95. The molecule has 0 spiro atoms. The van der Waals surface area contributed by atoms with Crippen LogP contribution in [0.4, 0.5) is 0 Å². The van der Waals surface area contributed by atoms with E-state index < -0.39 is 5.79 Å². The third kappa shape index (κ3) is 3.30. The molecule has 0 radical (unpaired) electrons. The molecule has 1 saturated heterocycles. The fourth-order valence-corrected chi connectivity index (χ4v) is 1.63. The largest absolute Gasteiger partial charge is 0.349 e. The van der Waals surface area contributed by atoms with Gasteiger partial charge in [0.1, 0.15) is 0 Å². The molecule has 5 nitrogen and oxygen atoms in total. The molecule has 0 saturated carbocycles. The minimum Gasteiger partial charge on any atom is -0.349 e. The number of aromatic nitrogens is 2. The second-order valence-electron chi connectivity index (χ2n) is 4.44. The smallest absolute Gasteiger partial charge is 0.162 e. The third-order valence-corrected chi connectivity index (χ3v) is 2.60. The number of hydrogen-bond acceptors (Lipinski definition) is 4. The summed E-state index contributed by atoms with van der Waals surface area (Å²) in [6.45, 7) is 7.02. The van der Waals surface area contributed by atoms with Crippen molar-refractivity contribution in [1.82, 2.24) is 15.1 Å². The Labute approximate surface area is 95.7 Å². The van der Waals surface area contributed by atoms with Gasteiger partial charge in [-0.25, -0.2) is 0 Å². The number of ether oxygens (including phenoxy) is 2. The van der Waals surface area contributed by atoms with Crippen LogP contribution in [0.1, 0.15) is 13.8 Å². The van der Waals surface area contributed by atoms with Crippen LogP contribution in [-0.2, 0) is 16.0 Å². The van der Waals surface area contributed by atoms with Crippen molar-refractivity contribution in [3.05, 3.63) is 18.5 Å². The predicted molar refractivity (Wildman–Crippen MR) is 60.0 cm³/mol. The first-order valence-electron chi connectivity index (χ1n) is 5.64. The summed E-state index contributed by atoms with van der Waals surface area (Å²) in [6, 6.07) is 2.21. The molecule has 1 fully saturated rings. The molecule has 2 heterocycles. The van der Waals surface area contributed by atoms with Crippen LogP contribution in [0.15, 0.2) is 18.5 Å². The highest BCUT2D eigenvalue weighted by Gasteiger charge is 2.27. The second-order valence-corrected chi connectivity index (χ2v) is 4.44. The average molecular weight is 225 g/mol. The summed E-state index contributed by atoms with van der Waals surface area (Å²) in [5.41, 5.74) is 0. The van der Waals surface area contributed by atoms with E-state index in [1.807, 2.05) is 30.8 Å². The van der Waals surface area contributed by atoms with E-state index in [4.69, 9.17) is 9.47 Å². The van der Waals surface area contributed by atoms with Crippen LogP contribution in [0.3, 0.4) is 0 Å². The van der Waals surface area contributed by atoms with Crippen molar-refractivity contribution in [2.24, 2.45) is 0 Å². The molecule has 1 aromatic heterocycles. The van der Waals surface area contributed by atoms with Crippen LogP contribution < -0.4 is 5.32 Å². The summed E-state index contributed by atoms with van der Waals surface area (Å²) in [7, 11) is 0. The molecule has 0 aliphatic carbocycles. The molecule has 0 amide bonds. The SMILES string of the molecule is CC1(C)OCC(NCCn2cccn2)CO1. The van der Waals surface area contributed by atoms with Crippen LogP contribution in [0, 0.1) is 0 Å². The molecule has 1 N–H and O–H groups in total. The molecule has 5 heteroatoms. The molecule has 0 aromatic carbocycles. The molecule has 16 heavy (non-hydrogen) atoms. The Bertz CT molecular complexity index is 301. The first-order valence-corrected chi connectivity index (χ1v) is 5.64. The predicted octanol–water partition coefficient (Wildman–Crippen LogP) is 0.624. The van der Waals surface area contributed by atoms with Crippen molar-refractivity contribution >= 4 is 0 Å². The molecule has 0 atom stereocenters. The lowest BCUT2D eigenvalue weighted by molar-refractivity contribution is -0.252. The zero-order valence-corrected chi connectivity index (χ0v) is 9.85. The minimum absolute atomic E-state index is 0.281. The molecule has 1 aliphatic rings. The lowest BCUT2D eigenvalue weighted by Gasteiger charge is -2.35. The van der Waals surface area contributed by atoms with Crippen LogP contribution in [-0.4, -0.2) is 41.4 Å². The fourth-order valence-electron chi connectivity index (χ4n) is 1.63. The van der Waals surface area contributed by atoms with Crippen LogP contribution >= 0.6 is 0 Å².